The van der Waals surface area contributed by atoms with Gasteiger partial charge in [0.15, 0.2) is 0 Å². The topological polar surface area (TPSA) is 56.5 Å². The molecular formula is C26H21Br3IN3O2. The Kier molecular flexibility index (Phi) is 9.18. The van der Waals surface area contributed by atoms with Gasteiger partial charge in [-0.15, -0.1) is 0 Å². The van der Waals surface area contributed by atoms with Crippen LogP contribution in [-0.2, 0) is 13.0 Å². The van der Waals surface area contributed by atoms with E-state index in [0.29, 0.717) is 29.8 Å². The van der Waals surface area contributed by atoms with E-state index >= 15 is 0 Å². The van der Waals surface area contributed by atoms with Gasteiger partial charge in [-0.05, 0) is 83.1 Å². The number of hydrogen-bond acceptors (Lipinski definition) is 4. The van der Waals surface area contributed by atoms with Crippen molar-refractivity contribution in [3.63, 3.8) is 0 Å². The van der Waals surface area contributed by atoms with E-state index in [1.165, 1.54) is 4.68 Å². The van der Waals surface area contributed by atoms with Crippen molar-refractivity contribution < 1.29 is 4.74 Å². The van der Waals surface area contributed by atoms with Crippen molar-refractivity contribution in [3.8, 4) is 5.75 Å². The SMILES string of the molecule is CCCCc1nc2ccc(Br)cc2c(=O)n1N=Cc1ccc(OCc2ccc(Br)cc2Br)c(I)c1. The lowest BCUT2D eigenvalue weighted by Crippen LogP contribution is -2.22. The molecule has 0 unspecified atom stereocenters. The Bertz CT molecular complexity index is 1470. The highest BCUT2D eigenvalue weighted by Crippen LogP contribution is 2.26. The zero-order valence-corrected chi connectivity index (χ0v) is 25.7. The van der Waals surface area contributed by atoms with Gasteiger partial charge in [-0.3, -0.25) is 4.79 Å². The van der Waals surface area contributed by atoms with E-state index in [2.05, 4.69) is 82.4 Å². The predicted octanol–water partition coefficient (Wildman–Crippen LogP) is 8.09. The molecule has 9 heteroatoms. The van der Waals surface area contributed by atoms with E-state index in [9.17, 15) is 4.79 Å². The molecular weight excluding hydrogens is 753 g/mol. The molecule has 1 aromatic heterocycles. The molecule has 3 aromatic carbocycles. The highest BCUT2D eigenvalue weighted by atomic mass is 127. The molecule has 0 radical (unpaired) electrons. The molecule has 180 valence electrons. The van der Waals surface area contributed by atoms with Crippen molar-refractivity contribution in [2.24, 2.45) is 5.10 Å². The number of benzene rings is 3. The summed E-state index contributed by atoms with van der Waals surface area (Å²) in [5.74, 6) is 1.45. The summed E-state index contributed by atoms with van der Waals surface area (Å²) in [6.45, 7) is 2.57. The monoisotopic (exact) mass is 771 g/mol. The fourth-order valence-corrected chi connectivity index (χ4v) is 5.66. The van der Waals surface area contributed by atoms with Gasteiger partial charge in [0.25, 0.3) is 5.56 Å². The van der Waals surface area contributed by atoms with Gasteiger partial charge >= 0.3 is 0 Å². The number of halogens is 4. The minimum Gasteiger partial charge on any atom is -0.488 e. The standard InChI is InChI=1S/C26H21Br3IN3O2/c1-2-3-4-25-32-23-9-8-18(27)12-20(23)26(34)33(25)31-14-16-5-10-24(22(30)11-16)35-15-17-6-7-19(28)13-21(17)29/h5-14H,2-4,15H2,1H3. The maximum atomic E-state index is 13.2. The normalized spacial score (nSPS) is 11.5. The van der Waals surface area contributed by atoms with E-state index in [-0.39, 0.29) is 5.56 Å². The van der Waals surface area contributed by atoms with Crippen LogP contribution >= 0.6 is 70.4 Å². The highest BCUT2D eigenvalue weighted by molar-refractivity contribution is 14.1. The fraction of sp³-hybridized carbons (Fsp3) is 0.192. The number of aromatic nitrogens is 2. The molecule has 0 aliphatic carbocycles. The van der Waals surface area contributed by atoms with Crippen molar-refractivity contribution in [2.45, 2.75) is 32.8 Å². The number of hydrogen-bond donors (Lipinski definition) is 0. The van der Waals surface area contributed by atoms with Gasteiger partial charge in [0.05, 0.1) is 20.7 Å². The van der Waals surface area contributed by atoms with E-state index in [1.807, 2.05) is 48.5 Å². The summed E-state index contributed by atoms with van der Waals surface area (Å²) in [6, 6.07) is 17.4. The average Bonchev–Trinajstić information content (AvgIpc) is 2.83. The first kappa shape index (κ1) is 26.5. The summed E-state index contributed by atoms with van der Waals surface area (Å²) in [4.78, 5) is 18.0. The first-order valence-corrected chi connectivity index (χ1v) is 14.4. The Morgan fingerprint density at radius 2 is 1.83 bits per heavy atom. The van der Waals surface area contributed by atoms with Gasteiger partial charge in [0.1, 0.15) is 18.2 Å². The van der Waals surface area contributed by atoms with Gasteiger partial charge in [0, 0.05) is 25.4 Å². The third kappa shape index (κ3) is 6.61. The van der Waals surface area contributed by atoms with Crippen LogP contribution in [0.1, 0.15) is 36.7 Å². The molecule has 4 rings (SSSR count). The van der Waals surface area contributed by atoms with E-state index in [1.54, 1.807) is 12.3 Å². The van der Waals surface area contributed by atoms with Crippen molar-refractivity contribution in [1.82, 2.24) is 9.66 Å². The lowest BCUT2D eigenvalue weighted by molar-refractivity contribution is 0.303. The third-order valence-electron chi connectivity index (χ3n) is 5.31. The minimum atomic E-state index is -0.173. The largest absolute Gasteiger partial charge is 0.488 e. The molecule has 0 N–H and O–H groups in total. The Hall–Kier alpha value is -1.56. The average molecular weight is 774 g/mol. The Labute approximate surface area is 242 Å². The van der Waals surface area contributed by atoms with Crippen LogP contribution in [0, 0.1) is 3.57 Å². The number of unbranched alkanes of at least 4 members (excludes halogenated alkanes) is 1. The number of nitrogens with zero attached hydrogens (tertiary/aromatic N) is 3. The molecule has 5 nitrogen and oxygen atoms in total. The number of rotatable bonds is 8. The zero-order valence-electron chi connectivity index (χ0n) is 18.8. The Morgan fingerprint density at radius 1 is 1.06 bits per heavy atom. The first-order valence-electron chi connectivity index (χ1n) is 11.0. The first-order chi connectivity index (χ1) is 16.9. The molecule has 0 saturated carbocycles. The van der Waals surface area contributed by atoms with Crippen LogP contribution < -0.4 is 10.3 Å². The van der Waals surface area contributed by atoms with Crippen LogP contribution in [0.2, 0.25) is 0 Å². The Balaban J connectivity index is 1.59. The van der Waals surface area contributed by atoms with Gasteiger partial charge < -0.3 is 4.74 Å². The number of fused-ring (bicyclic) bond motifs is 1. The molecule has 0 amide bonds. The molecule has 4 aromatic rings. The van der Waals surface area contributed by atoms with Crippen LogP contribution in [0.25, 0.3) is 10.9 Å². The van der Waals surface area contributed by atoms with Crippen molar-refractivity contribution in [1.29, 1.82) is 0 Å². The third-order valence-corrected chi connectivity index (χ3v) is 7.87. The quantitative estimate of drug-likeness (QED) is 0.135. The maximum Gasteiger partial charge on any atom is 0.282 e. The highest BCUT2D eigenvalue weighted by Gasteiger charge is 2.11. The summed E-state index contributed by atoms with van der Waals surface area (Å²) in [5.41, 5.74) is 2.44. The van der Waals surface area contributed by atoms with Gasteiger partial charge in [0.2, 0.25) is 0 Å². The minimum absolute atomic E-state index is 0.173. The van der Waals surface area contributed by atoms with Crippen LogP contribution in [0.4, 0.5) is 0 Å². The van der Waals surface area contributed by atoms with Crippen molar-refractivity contribution in [3.05, 3.63) is 98.9 Å². The smallest absolute Gasteiger partial charge is 0.282 e. The lowest BCUT2D eigenvalue weighted by Gasteiger charge is -2.11. The second-order valence-electron chi connectivity index (χ2n) is 7.87. The summed E-state index contributed by atoms with van der Waals surface area (Å²) in [7, 11) is 0. The number of aryl methyl sites for hydroxylation is 1. The van der Waals surface area contributed by atoms with Crippen molar-refractivity contribution >= 4 is 87.5 Å². The number of ether oxygens (including phenoxy) is 1. The molecule has 0 saturated heterocycles. The van der Waals surface area contributed by atoms with Crippen LogP contribution in [0.5, 0.6) is 5.75 Å². The Morgan fingerprint density at radius 3 is 2.57 bits per heavy atom. The van der Waals surface area contributed by atoms with E-state index in [4.69, 9.17) is 9.72 Å². The summed E-state index contributed by atoms with van der Waals surface area (Å²) in [6.07, 6.45) is 4.32. The van der Waals surface area contributed by atoms with E-state index < -0.39 is 0 Å². The predicted molar refractivity (Wildman–Crippen MR) is 161 cm³/mol. The molecule has 0 fully saturated rings. The molecule has 0 bridgehead atoms. The zero-order chi connectivity index (χ0) is 24.9. The maximum absolute atomic E-state index is 13.2. The molecule has 1 heterocycles. The second kappa shape index (κ2) is 12.1. The van der Waals surface area contributed by atoms with Crippen LogP contribution in [0.3, 0.4) is 0 Å². The van der Waals surface area contributed by atoms with Crippen molar-refractivity contribution in [2.75, 3.05) is 0 Å². The summed E-state index contributed by atoms with van der Waals surface area (Å²) in [5, 5.41) is 5.08. The van der Waals surface area contributed by atoms with Gasteiger partial charge in [-0.1, -0.05) is 67.2 Å². The molecule has 0 aliphatic rings. The molecule has 0 atom stereocenters. The van der Waals surface area contributed by atoms with Crippen LogP contribution in [0.15, 0.2) is 77.9 Å². The molecule has 0 aliphatic heterocycles. The summed E-state index contributed by atoms with van der Waals surface area (Å²) >= 11 is 12.7. The fourth-order valence-electron chi connectivity index (χ4n) is 3.44. The molecule has 0 spiro atoms. The lowest BCUT2D eigenvalue weighted by atomic mass is 10.2. The van der Waals surface area contributed by atoms with E-state index in [0.717, 1.165) is 46.7 Å². The van der Waals surface area contributed by atoms with Crippen LogP contribution in [-0.4, -0.2) is 15.9 Å². The van der Waals surface area contributed by atoms with Gasteiger partial charge in [-0.25, -0.2) is 4.98 Å². The van der Waals surface area contributed by atoms with Gasteiger partial charge in [-0.2, -0.15) is 9.78 Å². The second-order valence-corrected chi connectivity index (χ2v) is 11.7. The molecule has 35 heavy (non-hydrogen) atoms. The summed E-state index contributed by atoms with van der Waals surface area (Å²) < 4.78 is 11.3.